The van der Waals surface area contributed by atoms with Crippen molar-refractivity contribution in [3.63, 3.8) is 0 Å². The molecule has 0 heterocycles. The van der Waals surface area contributed by atoms with Crippen LogP contribution >= 0.6 is 0 Å². The molecule has 15 heavy (non-hydrogen) atoms. The molecule has 0 saturated carbocycles. The molecule has 82 valence electrons. The maximum Gasteiger partial charge on any atom is 0.316 e. The zero-order valence-electron chi connectivity index (χ0n) is 8.14. The number of carboxylic acid groups (broad SMARTS) is 1. The van der Waals surface area contributed by atoms with E-state index in [0.717, 1.165) is 6.07 Å². The number of aliphatic carboxylic acids is 1. The zero-order valence-corrected chi connectivity index (χ0v) is 8.14. The van der Waals surface area contributed by atoms with Gasteiger partial charge in [0.2, 0.25) is 0 Å². The van der Waals surface area contributed by atoms with Crippen molar-refractivity contribution in [1.29, 1.82) is 0 Å². The fourth-order valence-electron chi connectivity index (χ4n) is 1.25. The van der Waals surface area contributed by atoms with E-state index < -0.39 is 18.0 Å². The van der Waals surface area contributed by atoms with Crippen LogP contribution in [0.3, 0.4) is 0 Å². The largest absolute Gasteiger partial charge is 0.508 e. The summed E-state index contributed by atoms with van der Waals surface area (Å²) in [6, 6.07) is 3.56. The summed E-state index contributed by atoms with van der Waals surface area (Å²) >= 11 is 0. The number of hydrogen-bond acceptors (Lipinski definition) is 4. The minimum absolute atomic E-state index is 0.0651. The number of aromatic hydroxyl groups is 2. The Bertz CT molecular complexity index is 387. The van der Waals surface area contributed by atoms with E-state index in [-0.39, 0.29) is 17.1 Å². The number of aliphatic hydroxyl groups excluding tert-OH is 1. The van der Waals surface area contributed by atoms with Gasteiger partial charge in [0.25, 0.3) is 0 Å². The molecule has 0 aliphatic rings. The molecule has 1 unspecified atom stereocenters. The highest BCUT2D eigenvalue weighted by molar-refractivity contribution is 5.82. The molecular formula is C10H12O5. The van der Waals surface area contributed by atoms with Crippen LogP contribution in [0.5, 0.6) is 11.5 Å². The van der Waals surface area contributed by atoms with E-state index in [1.165, 1.54) is 19.1 Å². The SMILES string of the molecule is CC(CO)(C(=O)O)c1ccc(O)cc1O. The van der Waals surface area contributed by atoms with E-state index in [9.17, 15) is 9.90 Å². The summed E-state index contributed by atoms with van der Waals surface area (Å²) in [6.07, 6.45) is 0. The molecule has 1 aromatic carbocycles. The van der Waals surface area contributed by atoms with Crippen LogP contribution in [0.25, 0.3) is 0 Å². The average molecular weight is 212 g/mol. The second kappa shape index (κ2) is 3.78. The number of carboxylic acids is 1. The van der Waals surface area contributed by atoms with E-state index in [1.807, 2.05) is 0 Å². The van der Waals surface area contributed by atoms with Crippen LogP contribution in [0, 0.1) is 0 Å². The molecular weight excluding hydrogens is 200 g/mol. The van der Waals surface area contributed by atoms with Crippen molar-refractivity contribution in [3.8, 4) is 11.5 Å². The monoisotopic (exact) mass is 212 g/mol. The van der Waals surface area contributed by atoms with Crippen molar-refractivity contribution >= 4 is 5.97 Å². The first-order valence-corrected chi connectivity index (χ1v) is 4.28. The van der Waals surface area contributed by atoms with Gasteiger partial charge in [0.05, 0.1) is 6.61 Å². The Balaban J connectivity index is 3.30. The van der Waals surface area contributed by atoms with E-state index in [1.54, 1.807) is 0 Å². The standard InChI is InChI=1S/C10H12O5/c1-10(5-11,9(14)15)7-3-2-6(12)4-8(7)13/h2-4,11-13H,5H2,1H3,(H,14,15). The molecule has 0 saturated heterocycles. The van der Waals surface area contributed by atoms with Gasteiger partial charge in [-0.3, -0.25) is 4.79 Å². The van der Waals surface area contributed by atoms with Gasteiger partial charge in [-0.1, -0.05) is 6.07 Å². The predicted octanol–water partition coefficient (Wildman–Crippen LogP) is 0.432. The lowest BCUT2D eigenvalue weighted by Gasteiger charge is -2.23. The fourth-order valence-corrected chi connectivity index (χ4v) is 1.25. The van der Waals surface area contributed by atoms with Gasteiger partial charge in [0.1, 0.15) is 16.9 Å². The summed E-state index contributed by atoms with van der Waals surface area (Å²) in [7, 11) is 0. The predicted molar refractivity (Wildman–Crippen MR) is 51.8 cm³/mol. The zero-order chi connectivity index (χ0) is 11.6. The minimum atomic E-state index is -1.57. The van der Waals surface area contributed by atoms with Gasteiger partial charge < -0.3 is 20.4 Å². The molecule has 1 rings (SSSR count). The Morgan fingerprint density at radius 2 is 2.00 bits per heavy atom. The third-order valence-electron chi connectivity index (χ3n) is 2.36. The van der Waals surface area contributed by atoms with Crippen LogP contribution < -0.4 is 0 Å². The molecule has 0 fully saturated rings. The molecule has 1 atom stereocenters. The van der Waals surface area contributed by atoms with Crippen LogP contribution in [0.15, 0.2) is 18.2 Å². The van der Waals surface area contributed by atoms with Crippen molar-refractivity contribution in [2.24, 2.45) is 0 Å². The first kappa shape index (κ1) is 11.3. The first-order chi connectivity index (χ1) is 6.91. The van der Waals surface area contributed by atoms with Crippen molar-refractivity contribution < 1.29 is 25.2 Å². The minimum Gasteiger partial charge on any atom is -0.508 e. The fraction of sp³-hybridized carbons (Fsp3) is 0.300. The second-order valence-corrected chi connectivity index (χ2v) is 3.50. The Morgan fingerprint density at radius 3 is 2.40 bits per heavy atom. The molecule has 0 aliphatic carbocycles. The van der Waals surface area contributed by atoms with Gasteiger partial charge in [-0.05, 0) is 13.0 Å². The Kier molecular flexibility index (Phi) is 2.85. The highest BCUT2D eigenvalue weighted by Crippen LogP contribution is 2.33. The molecule has 0 spiro atoms. The van der Waals surface area contributed by atoms with Crippen LogP contribution in [0.2, 0.25) is 0 Å². The number of phenolic OH excluding ortho intramolecular Hbond substituents is 2. The molecule has 0 bridgehead atoms. The first-order valence-electron chi connectivity index (χ1n) is 4.28. The Morgan fingerprint density at radius 1 is 1.40 bits per heavy atom. The van der Waals surface area contributed by atoms with Crippen LogP contribution in [-0.4, -0.2) is 33.0 Å². The number of carbonyl (C=O) groups is 1. The van der Waals surface area contributed by atoms with Gasteiger partial charge in [-0.25, -0.2) is 0 Å². The summed E-state index contributed by atoms with van der Waals surface area (Å²) in [5.74, 6) is -1.76. The average Bonchev–Trinajstić information content (AvgIpc) is 2.16. The smallest absolute Gasteiger partial charge is 0.316 e. The van der Waals surface area contributed by atoms with Crippen molar-refractivity contribution in [2.45, 2.75) is 12.3 Å². The lowest BCUT2D eigenvalue weighted by molar-refractivity contribution is -0.144. The third kappa shape index (κ3) is 1.87. The molecule has 0 radical (unpaired) electrons. The molecule has 5 nitrogen and oxygen atoms in total. The van der Waals surface area contributed by atoms with Crippen molar-refractivity contribution in [2.75, 3.05) is 6.61 Å². The Labute approximate surface area is 86.2 Å². The normalized spacial score (nSPS) is 14.5. The molecule has 5 heteroatoms. The summed E-state index contributed by atoms with van der Waals surface area (Å²) in [6.45, 7) is 0.655. The van der Waals surface area contributed by atoms with Gasteiger partial charge in [-0.15, -0.1) is 0 Å². The quantitative estimate of drug-likeness (QED) is 0.582. The summed E-state index contributed by atoms with van der Waals surface area (Å²) in [5, 5.41) is 36.5. The van der Waals surface area contributed by atoms with Gasteiger partial charge in [-0.2, -0.15) is 0 Å². The van der Waals surface area contributed by atoms with Gasteiger partial charge in [0.15, 0.2) is 0 Å². The number of aliphatic hydroxyl groups is 1. The van der Waals surface area contributed by atoms with Crippen LogP contribution in [-0.2, 0) is 10.2 Å². The van der Waals surface area contributed by atoms with E-state index in [4.69, 9.17) is 15.3 Å². The summed E-state index contributed by atoms with van der Waals surface area (Å²) < 4.78 is 0. The van der Waals surface area contributed by atoms with E-state index >= 15 is 0 Å². The summed E-state index contributed by atoms with van der Waals surface area (Å²) in [4.78, 5) is 11.0. The topological polar surface area (TPSA) is 98.0 Å². The van der Waals surface area contributed by atoms with Gasteiger partial charge >= 0.3 is 5.97 Å². The van der Waals surface area contributed by atoms with Crippen molar-refractivity contribution in [1.82, 2.24) is 0 Å². The van der Waals surface area contributed by atoms with E-state index in [2.05, 4.69) is 0 Å². The van der Waals surface area contributed by atoms with Gasteiger partial charge in [0, 0.05) is 11.6 Å². The summed E-state index contributed by atoms with van der Waals surface area (Å²) in [5.41, 5.74) is -1.51. The Hall–Kier alpha value is -1.75. The number of benzene rings is 1. The lowest BCUT2D eigenvalue weighted by atomic mass is 9.83. The van der Waals surface area contributed by atoms with Crippen molar-refractivity contribution in [3.05, 3.63) is 23.8 Å². The van der Waals surface area contributed by atoms with E-state index in [0.29, 0.717) is 0 Å². The molecule has 0 amide bonds. The van der Waals surface area contributed by atoms with Crippen LogP contribution in [0.4, 0.5) is 0 Å². The highest BCUT2D eigenvalue weighted by Gasteiger charge is 2.36. The maximum absolute atomic E-state index is 11.0. The molecule has 0 aliphatic heterocycles. The van der Waals surface area contributed by atoms with Crippen LogP contribution in [0.1, 0.15) is 12.5 Å². The number of rotatable bonds is 3. The lowest BCUT2D eigenvalue weighted by Crippen LogP contribution is -2.36. The highest BCUT2D eigenvalue weighted by atomic mass is 16.4. The molecule has 4 N–H and O–H groups in total. The molecule has 0 aromatic heterocycles. The maximum atomic E-state index is 11.0. The second-order valence-electron chi connectivity index (χ2n) is 3.50. The molecule has 1 aromatic rings. The third-order valence-corrected chi connectivity index (χ3v) is 2.36. The number of hydrogen-bond donors (Lipinski definition) is 4. The number of phenols is 2.